The van der Waals surface area contributed by atoms with Crippen molar-refractivity contribution in [2.45, 2.75) is 12.5 Å². The van der Waals surface area contributed by atoms with Gasteiger partial charge in [0.05, 0.1) is 19.8 Å². The van der Waals surface area contributed by atoms with Crippen LogP contribution in [-0.2, 0) is 19.0 Å². The van der Waals surface area contributed by atoms with Crippen molar-refractivity contribution in [1.82, 2.24) is 4.90 Å². The van der Waals surface area contributed by atoms with Crippen LogP contribution in [0.2, 0.25) is 0 Å². The SMILES string of the molecule is COCCCOCCN1CCOCC1C(=O)O. The molecule has 1 saturated heterocycles. The molecule has 1 fully saturated rings. The third-order valence-corrected chi connectivity index (χ3v) is 2.68. The van der Waals surface area contributed by atoms with E-state index in [1.165, 1.54) is 0 Å². The molecule has 17 heavy (non-hydrogen) atoms. The second-order valence-corrected chi connectivity index (χ2v) is 3.92. The highest BCUT2D eigenvalue weighted by molar-refractivity contribution is 5.73. The molecule has 1 unspecified atom stereocenters. The average Bonchev–Trinajstić information content (AvgIpc) is 2.34. The normalized spacial score (nSPS) is 21.6. The highest BCUT2D eigenvalue weighted by atomic mass is 16.5. The Bertz CT molecular complexity index is 224. The number of carboxylic acids is 1. The Hall–Kier alpha value is -0.690. The number of carboxylic acid groups (broad SMARTS) is 1. The van der Waals surface area contributed by atoms with Crippen molar-refractivity contribution in [2.24, 2.45) is 0 Å². The van der Waals surface area contributed by atoms with Gasteiger partial charge in [0.2, 0.25) is 0 Å². The lowest BCUT2D eigenvalue weighted by Gasteiger charge is -2.32. The smallest absolute Gasteiger partial charge is 0.323 e. The minimum Gasteiger partial charge on any atom is -0.480 e. The summed E-state index contributed by atoms with van der Waals surface area (Å²) >= 11 is 0. The van der Waals surface area contributed by atoms with Gasteiger partial charge >= 0.3 is 5.97 Å². The molecule has 1 heterocycles. The summed E-state index contributed by atoms with van der Waals surface area (Å²) in [5.41, 5.74) is 0. The van der Waals surface area contributed by atoms with Crippen LogP contribution < -0.4 is 0 Å². The fraction of sp³-hybridized carbons (Fsp3) is 0.909. The van der Waals surface area contributed by atoms with Crippen LogP contribution in [0.1, 0.15) is 6.42 Å². The van der Waals surface area contributed by atoms with Crippen LogP contribution in [0.5, 0.6) is 0 Å². The number of methoxy groups -OCH3 is 1. The zero-order valence-electron chi connectivity index (χ0n) is 10.3. The lowest BCUT2D eigenvalue weighted by Crippen LogP contribution is -2.50. The third-order valence-electron chi connectivity index (χ3n) is 2.68. The van der Waals surface area contributed by atoms with Gasteiger partial charge in [0.25, 0.3) is 0 Å². The molecule has 0 amide bonds. The quantitative estimate of drug-likeness (QED) is 0.600. The summed E-state index contributed by atoms with van der Waals surface area (Å²) in [6.45, 7) is 4.02. The van der Waals surface area contributed by atoms with E-state index in [0.29, 0.717) is 39.5 Å². The number of carbonyl (C=O) groups is 1. The van der Waals surface area contributed by atoms with Gasteiger partial charge in [0.15, 0.2) is 0 Å². The van der Waals surface area contributed by atoms with Gasteiger partial charge in [-0.05, 0) is 6.42 Å². The standard InChI is InChI=1S/C11H21NO5/c1-15-5-2-6-16-7-3-12-4-8-17-9-10(12)11(13)14/h10H,2-9H2,1H3,(H,13,14). The van der Waals surface area contributed by atoms with E-state index in [9.17, 15) is 4.79 Å². The predicted octanol–water partition coefficient (Wildman–Crippen LogP) is -0.175. The van der Waals surface area contributed by atoms with Gasteiger partial charge in [-0.1, -0.05) is 0 Å². The number of hydrogen-bond donors (Lipinski definition) is 1. The number of nitrogens with zero attached hydrogens (tertiary/aromatic N) is 1. The minimum atomic E-state index is -0.830. The summed E-state index contributed by atoms with van der Waals surface area (Å²) in [5, 5.41) is 9.00. The van der Waals surface area contributed by atoms with Crippen LogP contribution in [0.15, 0.2) is 0 Å². The van der Waals surface area contributed by atoms with Gasteiger partial charge < -0.3 is 19.3 Å². The maximum absolute atomic E-state index is 11.0. The van der Waals surface area contributed by atoms with Gasteiger partial charge in [-0.25, -0.2) is 0 Å². The maximum Gasteiger partial charge on any atom is 0.323 e. The van der Waals surface area contributed by atoms with Crippen molar-refractivity contribution in [3.8, 4) is 0 Å². The molecular weight excluding hydrogens is 226 g/mol. The zero-order chi connectivity index (χ0) is 12.5. The van der Waals surface area contributed by atoms with Crippen LogP contribution in [0.25, 0.3) is 0 Å². The lowest BCUT2D eigenvalue weighted by atomic mass is 10.2. The molecule has 6 heteroatoms. The molecule has 0 aromatic carbocycles. The van der Waals surface area contributed by atoms with Crippen molar-refractivity contribution in [3.05, 3.63) is 0 Å². The van der Waals surface area contributed by atoms with Crippen molar-refractivity contribution < 1.29 is 24.1 Å². The van der Waals surface area contributed by atoms with Gasteiger partial charge in [-0.2, -0.15) is 0 Å². The minimum absolute atomic E-state index is 0.263. The Labute approximate surface area is 101 Å². The molecular formula is C11H21NO5. The van der Waals surface area contributed by atoms with Crippen molar-refractivity contribution >= 4 is 5.97 Å². The summed E-state index contributed by atoms with van der Waals surface area (Å²) in [7, 11) is 1.66. The Balaban J connectivity index is 2.13. The van der Waals surface area contributed by atoms with Crippen LogP contribution in [-0.4, -0.2) is 75.3 Å². The topological polar surface area (TPSA) is 68.2 Å². The van der Waals surface area contributed by atoms with Gasteiger partial charge in [0, 0.05) is 33.4 Å². The molecule has 0 aromatic heterocycles. The van der Waals surface area contributed by atoms with E-state index in [0.717, 1.165) is 6.42 Å². The summed E-state index contributed by atoms with van der Waals surface area (Å²) in [6.07, 6.45) is 0.863. The molecule has 1 rings (SSSR count). The number of aliphatic carboxylic acids is 1. The second-order valence-electron chi connectivity index (χ2n) is 3.92. The third kappa shape index (κ3) is 5.45. The van der Waals surface area contributed by atoms with Crippen LogP contribution in [0.3, 0.4) is 0 Å². The Morgan fingerprint density at radius 2 is 2.29 bits per heavy atom. The van der Waals surface area contributed by atoms with Crippen molar-refractivity contribution in [2.75, 3.05) is 53.2 Å². The summed E-state index contributed by atoms with van der Waals surface area (Å²) in [4.78, 5) is 12.9. The molecule has 1 aliphatic rings. The number of hydrogen-bond acceptors (Lipinski definition) is 5. The van der Waals surface area contributed by atoms with Crippen LogP contribution in [0, 0.1) is 0 Å². The molecule has 6 nitrogen and oxygen atoms in total. The van der Waals surface area contributed by atoms with Crippen molar-refractivity contribution in [3.63, 3.8) is 0 Å². The molecule has 1 atom stereocenters. The molecule has 1 aliphatic heterocycles. The number of ether oxygens (including phenoxy) is 3. The molecule has 0 saturated carbocycles. The molecule has 100 valence electrons. The highest BCUT2D eigenvalue weighted by Gasteiger charge is 2.28. The molecule has 1 N–H and O–H groups in total. The van der Waals surface area contributed by atoms with Crippen molar-refractivity contribution in [1.29, 1.82) is 0 Å². The van der Waals surface area contributed by atoms with Crippen LogP contribution in [0.4, 0.5) is 0 Å². The summed E-state index contributed by atoms with van der Waals surface area (Å²) in [5.74, 6) is -0.830. The lowest BCUT2D eigenvalue weighted by molar-refractivity contribution is -0.150. The van der Waals surface area contributed by atoms with E-state index in [2.05, 4.69) is 0 Å². The van der Waals surface area contributed by atoms with E-state index in [-0.39, 0.29) is 6.61 Å². The first-order chi connectivity index (χ1) is 8.25. The van der Waals surface area contributed by atoms with Gasteiger partial charge in [-0.15, -0.1) is 0 Å². The first kappa shape index (κ1) is 14.4. The Morgan fingerprint density at radius 3 is 3.00 bits per heavy atom. The second kappa shape index (κ2) is 8.41. The van der Waals surface area contributed by atoms with E-state index >= 15 is 0 Å². The fourth-order valence-corrected chi connectivity index (χ4v) is 1.72. The number of morpholine rings is 1. The van der Waals surface area contributed by atoms with E-state index in [1.807, 2.05) is 4.90 Å². The Morgan fingerprint density at radius 1 is 1.47 bits per heavy atom. The maximum atomic E-state index is 11.0. The summed E-state index contributed by atoms with van der Waals surface area (Å²) < 4.78 is 15.5. The Kier molecular flexibility index (Phi) is 7.11. The van der Waals surface area contributed by atoms with Gasteiger partial charge in [-0.3, -0.25) is 9.69 Å². The van der Waals surface area contributed by atoms with E-state index in [4.69, 9.17) is 19.3 Å². The van der Waals surface area contributed by atoms with E-state index in [1.54, 1.807) is 7.11 Å². The highest BCUT2D eigenvalue weighted by Crippen LogP contribution is 2.06. The molecule has 0 spiro atoms. The first-order valence-corrected chi connectivity index (χ1v) is 5.87. The zero-order valence-corrected chi connectivity index (χ0v) is 10.3. The summed E-state index contributed by atoms with van der Waals surface area (Å²) in [6, 6.07) is -0.536. The average molecular weight is 247 g/mol. The van der Waals surface area contributed by atoms with E-state index < -0.39 is 12.0 Å². The molecule has 0 aliphatic carbocycles. The number of rotatable bonds is 8. The first-order valence-electron chi connectivity index (χ1n) is 5.87. The molecule has 0 bridgehead atoms. The monoisotopic (exact) mass is 247 g/mol. The molecule has 0 radical (unpaired) electrons. The fourth-order valence-electron chi connectivity index (χ4n) is 1.72. The molecule has 0 aromatic rings. The van der Waals surface area contributed by atoms with Crippen LogP contribution >= 0.6 is 0 Å². The van der Waals surface area contributed by atoms with Gasteiger partial charge in [0.1, 0.15) is 6.04 Å². The predicted molar refractivity (Wildman–Crippen MR) is 61.1 cm³/mol. The largest absolute Gasteiger partial charge is 0.480 e.